The smallest absolute Gasteiger partial charge is 0.320 e. The van der Waals surface area contributed by atoms with Crippen LogP contribution in [0.15, 0.2) is 12.1 Å². The number of ether oxygens (including phenoxy) is 2. The van der Waals surface area contributed by atoms with Crippen LogP contribution < -0.4 is 5.32 Å². The average molecular weight is 358 g/mol. The normalized spacial score (nSPS) is 9.67. The van der Waals surface area contributed by atoms with E-state index in [0.29, 0.717) is 12.1 Å². The Morgan fingerprint density at radius 1 is 1.24 bits per heavy atom. The first-order chi connectivity index (χ1) is 9.51. The lowest BCUT2D eigenvalue weighted by Gasteiger charge is -2.06. The van der Waals surface area contributed by atoms with E-state index in [9.17, 15) is 9.59 Å². The molecule has 0 aliphatic heterocycles. The van der Waals surface area contributed by atoms with Crippen LogP contribution in [0.5, 0.6) is 0 Å². The van der Waals surface area contributed by atoms with E-state index in [1.54, 1.807) is 12.1 Å². The van der Waals surface area contributed by atoms with Gasteiger partial charge in [-0.1, -0.05) is 23.2 Å². The van der Waals surface area contributed by atoms with Crippen LogP contribution in [0.4, 0.5) is 0 Å². The molecule has 1 N–H and O–H groups in total. The molecule has 0 unspecified atom stereocenters. The molecule has 0 saturated carbocycles. The van der Waals surface area contributed by atoms with Crippen LogP contribution in [0.2, 0.25) is 10.3 Å². The molecule has 0 spiro atoms. The summed E-state index contributed by atoms with van der Waals surface area (Å²) in [6.07, 6.45) is 0.194. The topological polar surface area (TPSA) is 77.5 Å². The second-order valence-electron chi connectivity index (χ2n) is 3.78. The van der Waals surface area contributed by atoms with E-state index in [4.69, 9.17) is 27.9 Å². The lowest BCUT2D eigenvalue weighted by atomic mass is 10.3. The van der Waals surface area contributed by atoms with E-state index in [0.717, 1.165) is 0 Å². The molecule has 0 bridgehead atoms. The molecule has 118 valence electrons. The number of methoxy groups -OCH3 is 1. The number of carbonyl (C=O) groups is 2. The summed E-state index contributed by atoms with van der Waals surface area (Å²) < 4.78 is 9.47. The van der Waals surface area contributed by atoms with Gasteiger partial charge in [-0.3, -0.25) is 9.59 Å². The molecule has 0 amide bonds. The number of aromatic nitrogens is 1. The summed E-state index contributed by atoms with van der Waals surface area (Å²) in [6, 6.07) is 3.12. The molecule has 0 fully saturated rings. The predicted octanol–water partition coefficient (Wildman–Crippen LogP) is 2.01. The van der Waals surface area contributed by atoms with Crippen LogP contribution in [0.1, 0.15) is 12.0 Å². The van der Waals surface area contributed by atoms with Gasteiger partial charge >= 0.3 is 11.9 Å². The van der Waals surface area contributed by atoms with Gasteiger partial charge in [-0.2, -0.15) is 0 Å². The standard InChI is InChI=1S/C12H14Cl2N2O4.ClH/c1-19-11(17)2-3-15-6-12(18)20-7-8-4-9(13)16-10(14)5-8;/h4-5,15H,2-3,6-7H2,1H3;1H. The maximum absolute atomic E-state index is 11.4. The fourth-order valence-corrected chi connectivity index (χ4v) is 1.80. The molecule has 0 aromatic carbocycles. The van der Waals surface area contributed by atoms with Gasteiger partial charge in [0, 0.05) is 6.54 Å². The van der Waals surface area contributed by atoms with Gasteiger partial charge in [0.25, 0.3) is 0 Å². The molecular weight excluding hydrogens is 343 g/mol. The Morgan fingerprint density at radius 2 is 1.86 bits per heavy atom. The van der Waals surface area contributed by atoms with Gasteiger partial charge in [0.15, 0.2) is 0 Å². The maximum atomic E-state index is 11.4. The Balaban J connectivity index is 0.00000400. The van der Waals surface area contributed by atoms with Gasteiger partial charge in [-0.05, 0) is 17.7 Å². The molecule has 1 rings (SSSR count). The fourth-order valence-electron chi connectivity index (χ4n) is 1.30. The Bertz CT molecular complexity index is 465. The molecule has 9 heteroatoms. The molecule has 0 aliphatic carbocycles. The third-order valence-electron chi connectivity index (χ3n) is 2.23. The van der Waals surface area contributed by atoms with Crippen molar-refractivity contribution in [3.63, 3.8) is 0 Å². The van der Waals surface area contributed by atoms with Crippen molar-refractivity contribution in [2.45, 2.75) is 13.0 Å². The van der Waals surface area contributed by atoms with Crippen LogP contribution in [0.25, 0.3) is 0 Å². The number of hydrogen-bond donors (Lipinski definition) is 1. The lowest BCUT2D eigenvalue weighted by molar-refractivity contribution is -0.144. The highest BCUT2D eigenvalue weighted by molar-refractivity contribution is 6.32. The minimum absolute atomic E-state index is 0. The highest BCUT2D eigenvalue weighted by atomic mass is 35.5. The molecule has 1 heterocycles. The van der Waals surface area contributed by atoms with Gasteiger partial charge in [-0.15, -0.1) is 12.4 Å². The predicted molar refractivity (Wildman–Crippen MR) is 80.8 cm³/mol. The largest absolute Gasteiger partial charge is 0.469 e. The van der Waals surface area contributed by atoms with Crippen molar-refractivity contribution in [1.29, 1.82) is 0 Å². The van der Waals surface area contributed by atoms with Crippen molar-refractivity contribution in [2.24, 2.45) is 0 Å². The Hall–Kier alpha value is -1.08. The zero-order valence-corrected chi connectivity index (χ0v) is 13.6. The van der Waals surface area contributed by atoms with Crippen LogP contribution in [0, 0.1) is 0 Å². The van der Waals surface area contributed by atoms with Crippen molar-refractivity contribution >= 4 is 47.5 Å². The number of esters is 2. The number of pyridine rings is 1. The Kier molecular flexibility index (Phi) is 10.1. The van der Waals surface area contributed by atoms with Crippen LogP contribution in [-0.4, -0.2) is 37.1 Å². The minimum atomic E-state index is -0.445. The monoisotopic (exact) mass is 356 g/mol. The molecule has 1 aromatic heterocycles. The van der Waals surface area contributed by atoms with Crippen LogP contribution in [-0.2, 0) is 25.7 Å². The molecule has 0 saturated heterocycles. The Labute approximate surface area is 138 Å². The third-order valence-corrected chi connectivity index (χ3v) is 2.61. The van der Waals surface area contributed by atoms with Crippen LogP contribution in [0.3, 0.4) is 0 Å². The summed E-state index contributed by atoms with van der Waals surface area (Å²) in [4.78, 5) is 26.0. The third kappa shape index (κ3) is 8.72. The highest BCUT2D eigenvalue weighted by Gasteiger charge is 2.06. The molecular formula is C12H15Cl3N2O4. The first kappa shape index (κ1) is 19.9. The van der Waals surface area contributed by atoms with E-state index in [-0.39, 0.29) is 48.3 Å². The fraction of sp³-hybridized carbons (Fsp3) is 0.417. The highest BCUT2D eigenvalue weighted by Crippen LogP contribution is 2.15. The second kappa shape index (κ2) is 10.6. The zero-order valence-electron chi connectivity index (χ0n) is 11.2. The summed E-state index contributed by atoms with van der Waals surface area (Å²) >= 11 is 11.4. The van der Waals surface area contributed by atoms with Crippen molar-refractivity contribution in [3.8, 4) is 0 Å². The number of rotatable bonds is 7. The van der Waals surface area contributed by atoms with Gasteiger partial charge in [-0.25, -0.2) is 4.98 Å². The van der Waals surface area contributed by atoms with E-state index < -0.39 is 5.97 Å². The van der Waals surface area contributed by atoms with Gasteiger partial charge < -0.3 is 14.8 Å². The van der Waals surface area contributed by atoms with E-state index in [1.165, 1.54) is 7.11 Å². The van der Waals surface area contributed by atoms with E-state index >= 15 is 0 Å². The van der Waals surface area contributed by atoms with Gasteiger partial charge in [0.2, 0.25) is 0 Å². The molecule has 21 heavy (non-hydrogen) atoms. The first-order valence-corrected chi connectivity index (χ1v) is 6.52. The second-order valence-corrected chi connectivity index (χ2v) is 4.56. The first-order valence-electron chi connectivity index (χ1n) is 5.76. The van der Waals surface area contributed by atoms with Crippen molar-refractivity contribution < 1.29 is 19.1 Å². The molecule has 0 aliphatic rings. The quantitative estimate of drug-likeness (QED) is 0.457. The molecule has 0 radical (unpaired) electrons. The maximum Gasteiger partial charge on any atom is 0.320 e. The number of nitrogens with one attached hydrogen (secondary N) is 1. The van der Waals surface area contributed by atoms with Gasteiger partial charge in [0.1, 0.15) is 16.9 Å². The summed E-state index contributed by atoms with van der Waals surface area (Å²) in [5.41, 5.74) is 0.651. The molecule has 6 nitrogen and oxygen atoms in total. The number of nitrogens with zero attached hydrogens (tertiary/aromatic N) is 1. The SMILES string of the molecule is COC(=O)CCNCC(=O)OCc1cc(Cl)nc(Cl)c1.Cl. The Morgan fingerprint density at radius 3 is 2.43 bits per heavy atom. The van der Waals surface area contributed by atoms with Crippen molar-refractivity contribution in [1.82, 2.24) is 10.3 Å². The number of halogens is 3. The number of hydrogen-bond acceptors (Lipinski definition) is 6. The average Bonchev–Trinajstić information content (AvgIpc) is 2.40. The van der Waals surface area contributed by atoms with E-state index in [1.807, 2.05) is 0 Å². The summed E-state index contributed by atoms with van der Waals surface area (Å²) in [5.74, 6) is -0.786. The summed E-state index contributed by atoms with van der Waals surface area (Å²) in [6.45, 7) is 0.400. The van der Waals surface area contributed by atoms with E-state index in [2.05, 4.69) is 15.0 Å². The van der Waals surface area contributed by atoms with Crippen molar-refractivity contribution in [3.05, 3.63) is 28.0 Å². The lowest BCUT2D eigenvalue weighted by Crippen LogP contribution is -2.27. The minimum Gasteiger partial charge on any atom is -0.469 e. The van der Waals surface area contributed by atoms with Crippen molar-refractivity contribution in [2.75, 3.05) is 20.2 Å². The number of carbonyl (C=O) groups excluding carboxylic acids is 2. The zero-order chi connectivity index (χ0) is 15.0. The summed E-state index contributed by atoms with van der Waals surface area (Å²) in [5, 5.41) is 3.24. The molecule has 0 atom stereocenters. The van der Waals surface area contributed by atoms with Gasteiger partial charge in [0.05, 0.1) is 20.1 Å². The molecule has 1 aromatic rings. The summed E-state index contributed by atoms with van der Waals surface area (Å²) in [7, 11) is 1.31. The van der Waals surface area contributed by atoms with Crippen LogP contribution >= 0.6 is 35.6 Å².